The lowest BCUT2D eigenvalue weighted by atomic mass is 9.80. The van der Waals surface area contributed by atoms with Crippen molar-refractivity contribution in [3.63, 3.8) is 0 Å². The fourth-order valence-corrected chi connectivity index (χ4v) is 6.50. The first kappa shape index (κ1) is 26.2. The number of hydrogen-bond donors (Lipinski definition) is 0. The molecule has 2 aliphatic rings. The summed E-state index contributed by atoms with van der Waals surface area (Å²) in [6, 6.07) is 7.18. The maximum absolute atomic E-state index is 11.6. The predicted octanol–water partition coefficient (Wildman–Crippen LogP) is 3.81. The van der Waals surface area contributed by atoms with E-state index < -0.39 is 9.84 Å². The highest BCUT2D eigenvalue weighted by Gasteiger charge is 2.37. The molecule has 2 fully saturated rings. The van der Waals surface area contributed by atoms with Crippen LogP contribution in [-0.4, -0.2) is 77.8 Å². The summed E-state index contributed by atoms with van der Waals surface area (Å²) in [5.41, 5.74) is 2.06. The van der Waals surface area contributed by atoms with Crippen LogP contribution in [0.15, 0.2) is 24.4 Å². The third-order valence-electron chi connectivity index (χ3n) is 7.50. The van der Waals surface area contributed by atoms with Gasteiger partial charge in [0.15, 0.2) is 11.3 Å². The molecule has 5 rings (SSSR count). The van der Waals surface area contributed by atoms with Gasteiger partial charge >= 0.3 is 0 Å². The Kier molecular flexibility index (Phi) is 7.33. The van der Waals surface area contributed by atoms with Crippen molar-refractivity contribution in [2.45, 2.75) is 25.8 Å². The Labute approximate surface area is 226 Å². The minimum Gasteiger partial charge on any atom is -0.355 e. The summed E-state index contributed by atoms with van der Waals surface area (Å²) in [4.78, 5) is 13.9. The molecule has 0 aliphatic carbocycles. The van der Waals surface area contributed by atoms with Gasteiger partial charge in [0, 0.05) is 42.5 Å². The number of aromatic nitrogens is 4. The van der Waals surface area contributed by atoms with Crippen molar-refractivity contribution in [2.75, 3.05) is 49.6 Å². The zero-order chi connectivity index (χ0) is 26.3. The minimum atomic E-state index is -2.95. The van der Waals surface area contributed by atoms with Crippen molar-refractivity contribution in [3.05, 3.63) is 45.7 Å². The molecule has 3 aromatic rings. The van der Waals surface area contributed by atoms with Crippen LogP contribution in [0.1, 0.15) is 37.1 Å². The monoisotopic (exact) mass is 561 g/mol. The standard InChI is InChI=1S/C25H29Cl2N7O2S/c1-16(20-6-5-19(26)10-21(20)27)34-25-24(22(11-28)31-34)29-12-23(30-25)33-14-18(15-33)17-4-3-7-32(13-17)8-9-37(2,35)36/h5-6,10,12,16-18H,3-4,7-9,13-15H2,1-2H3/t16-,17?/m1/s1. The van der Waals surface area contributed by atoms with E-state index in [1.807, 2.05) is 13.0 Å². The predicted molar refractivity (Wildman–Crippen MR) is 145 cm³/mol. The van der Waals surface area contributed by atoms with Crippen LogP contribution >= 0.6 is 23.2 Å². The van der Waals surface area contributed by atoms with Crippen LogP contribution in [0.5, 0.6) is 0 Å². The first-order valence-electron chi connectivity index (χ1n) is 12.4. The maximum atomic E-state index is 11.6. The zero-order valence-electron chi connectivity index (χ0n) is 20.8. The van der Waals surface area contributed by atoms with Crippen LogP contribution in [0.3, 0.4) is 0 Å². The van der Waals surface area contributed by atoms with E-state index in [1.165, 1.54) is 6.26 Å². The van der Waals surface area contributed by atoms with Crippen LogP contribution in [0.25, 0.3) is 11.2 Å². The molecule has 9 nitrogen and oxygen atoms in total. The molecule has 4 heterocycles. The van der Waals surface area contributed by atoms with E-state index in [-0.39, 0.29) is 17.5 Å². The Morgan fingerprint density at radius 3 is 2.70 bits per heavy atom. The molecular formula is C25H29Cl2N7O2S. The van der Waals surface area contributed by atoms with Gasteiger partial charge in [-0.3, -0.25) is 0 Å². The Balaban J connectivity index is 1.32. The molecule has 1 aromatic carbocycles. The molecule has 0 spiro atoms. The molecule has 1 unspecified atom stereocenters. The highest BCUT2D eigenvalue weighted by molar-refractivity contribution is 7.90. The Bertz CT molecular complexity index is 1460. The summed E-state index contributed by atoms with van der Waals surface area (Å²) in [5.74, 6) is 2.05. The first-order chi connectivity index (χ1) is 17.6. The van der Waals surface area contributed by atoms with E-state index in [1.54, 1.807) is 23.0 Å². The van der Waals surface area contributed by atoms with Gasteiger partial charge in [-0.1, -0.05) is 29.3 Å². The van der Waals surface area contributed by atoms with Gasteiger partial charge in [-0.15, -0.1) is 0 Å². The molecule has 0 N–H and O–H groups in total. The molecule has 0 radical (unpaired) electrons. The van der Waals surface area contributed by atoms with Crippen molar-refractivity contribution in [2.24, 2.45) is 11.8 Å². The lowest BCUT2D eigenvalue weighted by Crippen LogP contribution is -2.54. The van der Waals surface area contributed by atoms with Crippen LogP contribution in [0.4, 0.5) is 5.82 Å². The summed E-state index contributed by atoms with van der Waals surface area (Å²) < 4.78 is 24.8. The first-order valence-corrected chi connectivity index (χ1v) is 15.2. The number of fused-ring (bicyclic) bond motifs is 1. The number of rotatable bonds is 7. The second-order valence-corrected chi connectivity index (χ2v) is 13.2. The van der Waals surface area contributed by atoms with Gasteiger partial charge < -0.3 is 9.80 Å². The minimum absolute atomic E-state index is 0.212. The molecular weight excluding hydrogens is 533 g/mol. The zero-order valence-corrected chi connectivity index (χ0v) is 23.1. The van der Waals surface area contributed by atoms with Gasteiger partial charge in [0.1, 0.15) is 27.2 Å². The summed E-state index contributed by atoms with van der Waals surface area (Å²) in [5, 5.41) is 15.2. The van der Waals surface area contributed by atoms with Crippen molar-refractivity contribution in [1.82, 2.24) is 24.6 Å². The number of sulfone groups is 1. The topological polar surface area (TPSA) is 108 Å². The number of hydrogen-bond acceptors (Lipinski definition) is 8. The molecule has 2 atom stereocenters. The Hall–Kier alpha value is -2.45. The van der Waals surface area contributed by atoms with E-state index >= 15 is 0 Å². The molecule has 0 saturated carbocycles. The van der Waals surface area contributed by atoms with E-state index in [2.05, 4.69) is 26.0 Å². The third-order valence-corrected chi connectivity index (χ3v) is 8.98. The van der Waals surface area contributed by atoms with Gasteiger partial charge in [-0.25, -0.2) is 23.1 Å². The lowest BCUT2D eigenvalue weighted by molar-refractivity contribution is 0.125. The highest BCUT2D eigenvalue weighted by Crippen LogP contribution is 2.35. The van der Waals surface area contributed by atoms with Crippen LogP contribution in [-0.2, 0) is 9.84 Å². The fraction of sp³-hybridized carbons (Fsp3) is 0.520. The fourth-order valence-electron chi connectivity index (χ4n) is 5.34. The molecule has 2 saturated heterocycles. The van der Waals surface area contributed by atoms with Crippen molar-refractivity contribution in [3.8, 4) is 6.07 Å². The summed E-state index contributed by atoms with van der Waals surface area (Å²) in [6.07, 6.45) is 5.27. The average Bonchev–Trinajstić information content (AvgIpc) is 3.19. The molecule has 196 valence electrons. The number of benzene rings is 1. The van der Waals surface area contributed by atoms with Gasteiger partial charge in [0.05, 0.1) is 18.0 Å². The number of nitrogens with zero attached hydrogens (tertiary/aromatic N) is 7. The lowest BCUT2D eigenvalue weighted by Gasteiger charge is -2.47. The van der Waals surface area contributed by atoms with Crippen molar-refractivity contribution >= 4 is 50.0 Å². The van der Waals surface area contributed by atoms with Gasteiger partial charge in [0.2, 0.25) is 0 Å². The number of anilines is 1. The molecule has 0 bridgehead atoms. The second kappa shape index (κ2) is 10.4. The van der Waals surface area contributed by atoms with E-state index in [4.69, 9.17) is 28.2 Å². The Morgan fingerprint density at radius 2 is 2.00 bits per heavy atom. The number of halogens is 2. The van der Waals surface area contributed by atoms with E-state index in [9.17, 15) is 13.7 Å². The molecule has 37 heavy (non-hydrogen) atoms. The van der Waals surface area contributed by atoms with E-state index in [0.29, 0.717) is 39.6 Å². The molecule has 2 aromatic heterocycles. The second-order valence-electron chi connectivity index (χ2n) is 10.1. The van der Waals surface area contributed by atoms with Crippen LogP contribution in [0.2, 0.25) is 10.0 Å². The smallest absolute Gasteiger partial charge is 0.190 e. The maximum Gasteiger partial charge on any atom is 0.190 e. The SMILES string of the molecule is C[C@H](c1ccc(Cl)cc1Cl)n1nc(C#N)c2ncc(N3CC(C4CCCN(CCS(C)(=O)=O)C4)C3)nc21. The van der Waals surface area contributed by atoms with E-state index in [0.717, 1.165) is 50.4 Å². The molecule has 12 heteroatoms. The van der Waals surface area contributed by atoms with Crippen LogP contribution in [0, 0.1) is 23.2 Å². The van der Waals surface area contributed by atoms with Gasteiger partial charge in [0.25, 0.3) is 0 Å². The van der Waals surface area contributed by atoms with Crippen molar-refractivity contribution in [1.29, 1.82) is 5.26 Å². The number of likely N-dealkylation sites (tertiary alicyclic amines) is 1. The third kappa shape index (κ3) is 5.55. The largest absolute Gasteiger partial charge is 0.355 e. The van der Waals surface area contributed by atoms with Gasteiger partial charge in [-0.2, -0.15) is 10.4 Å². The number of piperidine rings is 1. The summed E-state index contributed by atoms with van der Waals surface area (Å²) >= 11 is 12.5. The molecule has 0 amide bonds. The summed E-state index contributed by atoms with van der Waals surface area (Å²) in [6.45, 7) is 6.22. The average molecular weight is 563 g/mol. The quantitative estimate of drug-likeness (QED) is 0.428. The van der Waals surface area contributed by atoms with Crippen LogP contribution < -0.4 is 4.90 Å². The Morgan fingerprint density at radius 1 is 1.22 bits per heavy atom. The normalized spacial score (nSPS) is 20.1. The number of nitriles is 1. The summed E-state index contributed by atoms with van der Waals surface area (Å²) in [7, 11) is -2.95. The van der Waals surface area contributed by atoms with Gasteiger partial charge in [-0.05, 0) is 55.8 Å². The van der Waals surface area contributed by atoms with Crippen molar-refractivity contribution < 1.29 is 8.42 Å². The highest BCUT2D eigenvalue weighted by atomic mass is 35.5. The molecule has 2 aliphatic heterocycles.